The second-order valence-corrected chi connectivity index (χ2v) is 4.06. The molecule has 0 atom stereocenters. The predicted octanol–water partition coefficient (Wildman–Crippen LogP) is 3.53. The monoisotopic (exact) mass is 304 g/mol. The van der Waals surface area contributed by atoms with E-state index >= 15 is 0 Å². The third-order valence-electron chi connectivity index (χ3n) is 2.58. The number of hydrogen-bond acceptors (Lipinski definition) is 4. The summed E-state index contributed by atoms with van der Waals surface area (Å²) in [6.45, 7) is 4.33. The first-order valence-corrected chi connectivity index (χ1v) is 6.42. The van der Waals surface area contributed by atoms with Crippen LogP contribution in [0, 0.1) is 0 Å². The summed E-state index contributed by atoms with van der Waals surface area (Å²) in [5.74, 6) is -0.0684. The van der Waals surface area contributed by atoms with Crippen LogP contribution in [0.2, 0.25) is 0 Å². The minimum Gasteiger partial charge on any atom is -0.403 e. The van der Waals surface area contributed by atoms with Gasteiger partial charge in [0.25, 0.3) is 0 Å². The number of nitrogens with zero attached hydrogens (tertiary/aromatic N) is 1. The SMILES string of the molecule is CCOC(OCC)c1nc2c(OC(F)(F)F)cccc2[nH]1. The number of aromatic amines is 1. The number of halogens is 3. The minimum absolute atomic E-state index is 0.0780. The van der Waals surface area contributed by atoms with E-state index in [9.17, 15) is 13.2 Å². The van der Waals surface area contributed by atoms with Gasteiger partial charge in [0.2, 0.25) is 6.29 Å². The van der Waals surface area contributed by atoms with E-state index in [2.05, 4.69) is 14.7 Å². The highest BCUT2D eigenvalue weighted by Crippen LogP contribution is 2.30. The number of aromatic nitrogens is 2. The molecule has 116 valence electrons. The zero-order valence-electron chi connectivity index (χ0n) is 11.5. The lowest BCUT2D eigenvalue weighted by Crippen LogP contribution is -2.17. The number of hydrogen-bond donors (Lipinski definition) is 1. The van der Waals surface area contributed by atoms with Crippen molar-refractivity contribution in [1.82, 2.24) is 9.97 Å². The number of benzene rings is 1. The van der Waals surface area contributed by atoms with E-state index in [-0.39, 0.29) is 11.3 Å². The van der Waals surface area contributed by atoms with Crippen molar-refractivity contribution >= 4 is 11.0 Å². The molecular formula is C13H15F3N2O3. The molecule has 1 aromatic heterocycles. The highest BCUT2D eigenvalue weighted by molar-refractivity contribution is 5.81. The fourth-order valence-corrected chi connectivity index (χ4v) is 1.85. The molecule has 0 aliphatic rings. The van der Waals surface area contributed by atoms with Crippen molar-refractivity contribution in [2.75, 3.05) is 13.2 Å². The van der Waals surface area contributed by atoms with Crippen molar-refractivity contribution in [3.05, 3.63) is 24.0 Å². The Labute approximate surface area is 119 Å². The van der Waals surface area contributed by atoms with Gasteiger partial charge >= 0.3 is 6.36 Å². The first kappa shape index (κ1) is 15.6. The average Bonchev–Trinajstić information content (AvgIpc) is 2.82. The van der Waals surface area contributed by atoms with Crippen molar-refractivity contribution < 1.29 is 27.4 Å². The summed E-state index contributed by atoms with van der Waals surface area (Å²) in [5, 5.41) is 0. The number of para-hydroxylation sites is 1. The van der Waals surface area contributed by atoms with Crippen LogP contribution in [-0.2, 0) is 9.47 Å². The average molecular weight is 304 g/mol. The smallest absolute Gasteiger partial charge is 0.403 e. The molecule has 0 bridgehead atoms. The number of rotatable bonds is 6. The Bertz CT molecular complexity index is 592. The van der Waals surface area contributed by atoms with Crippen LogP contribution in [0.1, 0.15) is 26.0 Å². The summed E-state index contributed by atoms with van der Waals surface area (Å²) in [4.78, 5) is 6.99. The molecule has 2 rings (SSSR count). The normalized spacial score (nSPS) is 12.3. The third kappa shape index (κ3) is 3.85. The maximum absolute atomic E-state index is 12.4. The van der Waals surface area contributed by atoms with Crippen molar-refractivity contribution in [1.29, 1.82) is 0 Å². The maximum Gasteiger partial charge on any atom is 0.573 e. The van der Waals surface area contributed by atoms with Crippen molar-refractivity contribution in [3.8, 4) is 5.75 Å². The molecule has 5 nitrogen and oxygen atoms in total. The zero-order valence-corrected chi connectivity index (χ0v) is 11.5. The van der Waals surface area contributed by atoms with Gasteiger partial charge in [-0.15, -0.1) is 13.2 Å². The van der Waals surface area contributed by atoms with E-state index in [1.54, 1.807) is 19.9 Å². The third-order valence-corrected chi connectivity index (χ3v) is 2.58. The molecule has 0 fully saturated rings. The van der Waals surface area contributed by atoms with E-state index in [4.69, 9.17) is 9.47 Å². The molecular weight excluding hydrogens is 289 g/mol. The molecule has 0 amide bonds. The number of fused-ring (bicyclic) bond motifs is 1. The van der Waals surface area contributed by atoms with Gasteiger partial charge < -0.3 is 19.2 Å². The summed E-state index contributed by atoms with van der Waals surface area (Å²) in [6, 6.07) is 4.25. The van der Waals surface area contributed by atoms with Gasteiger partial charge in [-0.2, -0.15) is 0 Å². The van der Waals surface area contributed by atoms with Crippen molar-refractivity contribution in [3.63, 3.8) is 0 Å². The van der Waals surface area contributed by atoms with Crippen LogP contribution in [-0.4, -0.2) is 29.5 Å². The van der Waals surface area contributed by atoms with E-state index in [0.717, 1.165) is 0 Å². The molecule has 21 heavy (non-hydrogen) atoms. The number of H-pyrrole nitrogens is 1. The molecule has 2 aromatic rings. The summed E-state index contributed by atoms with van der Waals surface area (Å²) >= 11 is 0. The van der Waals surface area contributed by atoms with Gasteiger partial charge in [0.1, 0.15) is 5.52 Å². The zero-order chi connectivity index (χ0) is 15.5. The van der Waals surface area contributed by atoms with E-state index in [0.29, 0.717) is 24.6 Å². The van der Waals surface area contributed by atoms with Crippen LogP contribution in [0.5, 0.6) is 5.75 Å². The van der Waals surface area contributed by atoms with Crippen molar-refractivity contribution in [2.24, 2.45) is 0 Å². The lowest BCUT2D eigenvalue weighted by Gasteiger charge is -2.13. The van der Waals surface area contributed by atoms with Crippen LogP contribution in [0.25, 0.3) is 11.0 Å². The second kappa shape index (κ2) is 6.31. The predicted molar refractivity (Wildman–Crippen MR) is 68.8 cm³/mol. The quantitative estimate of drug-likeness (QED) is 0.829. The highest BCUT2D eigenvalue weighted by Gasteiger charge is 2.32. The fraction of sp³-hybridized carbons (Fsp3) is 0.462. The summed E-state index contributed by atoms with van der Waals surface area (Å²) < 4.78 is 51.8. The highest BCUT2D eigenvalue weighted by atomic mass is 19.4. The lowest BCUT2D eigenvalue weighted by atomic mass is 10.3. The number of alkyl halides is 3. The number of ether oxygens (including phenoxy) is 3. The van der Waals surface area contributed by atoms with Crippen LogP contribution >= 0.6 is 0 Å². The molecule has 0 spiro atoms. The molecule has 0 aliphatic heterocycles. The van der Waals surface area contributed by atoms with Gasteiger partial charge in [0.15, 0.2) is 11.6 Å². The van der Waals surface area contributed by atoms with E-state index in [1.165, 1.54) is 12.1 Å². The first-order valence-electron chi connectivity index (χ1n) is 6.42. The fourth-order valence-electron chi connectivity index (χ4n) is 1.85. The maximum atomic E-state index is 12.4. The summed E-state index contributed by atoms with van der Waals surface area (Å²) in [5.41, 5.74) is 0.491. The minimum atomic E-state index is -4.77. The molecule has 0 saturated heterocycles. The lowest BCUT2D eigenvalue weighted by molar-refractivity contribution is -0.274. The van der Waals surface area contributed by atoms with Crippen LogP contribution in [0.4, 0.5) is 13.2 Å². The molecule has 0 saturated carbocycles. The van der Waals surface area contributed by atoms with Crippen LogP contribution < -0.4 is 4.74 Å². The largest absolute Gasteiger partial charge is 0.573 e. The molecule has 1 heterocycles. The summed E-state index contributed by atoms with van der Waals surface area (Å²) in [6.07, 6.45) is -5.53. The molecule has 1 N–H and O–H groups in total. The molecule has 1 aromatic carbocycles. The molecule has 0 radical (unpaired) electrons. The Balaban J connectivity index is 2.38. The Morgan fingerprint density at radius 2 is 1.86 bits per heavy atom. The van der Waals surface area contributed by atoms with Gasteiger partial charge in [-0.25, -0.2) is 4.98 Å². The topological polar surface area (TPSA) is 56.4 Å². The Morgan fingerprint density at radius 1 is 1.19 bits per heavy atom. The van der Waals surface area contributed by atoms with Gasteiger partial charge in [-0.3, -0.25) is 0 Å². The van der Waals surface area contributed by atoms with Crippen molar-refractivity contribution in [2.45, 2.75) is 26.5 Å². The standard InChI is InChI=1S/C13H15F3N2O3/c1-3-19-12(20-4-2)11-17-8-6-5-7-9(10(8)18-11)21-13(14,15)16/h5-7,12H,3-4H2,1-2H3,(H,17,18). The van der Waals surface area contributed by atoms with Crippen LogP contribution in [0.3, 0.4) is 0 Å². The van der Waals surface area contributed by atoms with Crippen LogP contribution in [0.15, 0.2) is 18.2 Å². The summed E-state index contributed by atoms with van der Waals surface area (Å²) in [7, 11) is 0. The van der Waals surface area contributed by atoms with Gasteiger partial charge in [-0.05, 0) is 26.0 Å². The van der Waals surface area contributed by atoms with Gasteiger partial charge in [0.05, 0.1) is 5.52 Å². The van der Waals surface area contributed by atoms with E-state index in [1.807, 2.05) is 0 Å². The number of imidazole rings is 1. The van der Waals surface area contributed by atoms with Gasteiger partial charge in [-0.1, -0.05) is 6.07 Å². The van der Waals surface area contributed by atoms with Gasteiger partial charge in [0, 0.05) is 13.2 Å². The number of nitrogens with one attached hydrogen (secondary N) is 1. The Hall–Kier alpha value is -1.80. The Kier molecular flexibility index (Phi) is 4.69. The Morgan fingerprint density at radius 3 is 2.43 bits per heavy atom. The first-order chi connectivity index (χ1) is 9.94. The van der Waals surface area contributed by atoms with E-state index < -0.39 is 12.7 Å². The second-order valence-electron chi connectivity index (χ2n) is 4.06. The molecule has 8 heteroatoms. The molecule has 0 aliphatic carbocycles. The molecule has 0 unspecified atom stereocenters.